The van der Waals surface area contributed by atoms with E-state index >= 15 is 0 Å². The molecule has 1 aliphatic heterocycles. The Morgan fingerprint density at radius 2 is 1.93 bits per heavy atom. The smallest absolute Gasteiger partial charge is 0.251 e. The van der Waals surface area contributed by atoms with Gasteiger partial charge < -0.3 is 5.32 Å². The molecule has 0 radical (unpaired) electrons. The molecule has 2 heterocycles. The van der Waals surface area contributed by atoms with Crippen molar-refractivity contribution in [1.29, 1.82) is 0 Å². The van der Waals surface area contributed by atoms with Crippen LogP contribution in [0.25, 0.3) is 0 Å². The normalized spacial score (nSPS) is 17.2. The second kappa shape index (κ2) is 8.67. The average molecular weight is 391 g/mol. The maximum atomic E-state index is 12.9. The molecule has 1 aliphatic rings. The summed E-state index contributed by atoms with van der Waals surface area (Å²) in [4.78, 5) is 12.7. The van der Waals surface area contributed by atoms with E-state index < -0.39 is 10.0 Å². The van der Waals surface area contributed by atoms with Gasteiger partial charge >= 0.3 is 0 Å². The zero-order valence-electron chi connectivity index (χ0n) is 15.5. The summed E-state index contributed by atoms with van der Waals surface area (Å²) in [5, 5.41) is 7.02. The lowest BCUT2D eigenvalue weighted by Gasteiger charge is -2.20. The lowest BCUT2D eigenvalue weighted by atomic mass is 10.2. The molecule has 0 saturated carbocycles. The first-order valence-electron chi connectivity index (χ1n) is 9.35. The van der Waals surface area contributed by atoms with Crippen LogP contribution in [0.3, 0.4) is 0 Å². The highest BCUT2D eigenvalue weighted by Gasteiger charge is 2.26. The molecule has 1 amide bonds. The fraction of sp³-hybridized carbons (Fsp3) is 0.474. The molecule has 3 rings (SSSR count). The Morgan fingerprint density at radius 1 is 1.19 bits per heavy atom. The van der Waals surface area contributed by atoms with Gasteiger partial charge in [-0.25, -0.2) is 8.42 Å². The SMILES string of the molecule is C[C@H](Cn1cccn1)NC(=O)c1cccc(S(=O)(=O)N2CCCCCC2)c1. The van der Waals surface area contributed by atoms with E-state index in [9.17, 15) is 13.2 Å². The van der Waals surface area contributed by atoms with Gasteiger partial charge in [-0.05, 0) is 44.0 Å². The molecule has 146 valence electrons. The van der Waals surface area contributed by atoms with Crippen LogP contribution in [-0.2, 0) is 16.6 Å². The van der Waals surface area contributed by atoms with Crippen molar-refractivity contribution in [2.75, 3.05) is 13.1 Å². The van der Waals surface area contributed by atoms with Gasteiger partial charge in [-0.15, -0.1) is 0 Å². The predicted molar refractivity (Wildman–Crippen MR) is 103 cm³/mol. The van der Waals surface area contributed by atoms with Crippen molar-refractivity contribution in [3.8, 4) is 0 Å². The first-order chi connectivity index (χ1) is 13.0. The molecular weight excluding hydrogens is 364 g/mol. The Morgan fingerprint density at radius 3 is 2.59 bits per heavy atom. The highest BCUT2D eigenvalue weighted by Crippen LogP contribution is 2.21. The van der Waals surface area contributed by atoms with Crippen LogP contribution in [0.2, 0.25) is 0 Å². The fourth-order valence-electron chi connectivity index (χ4n) is 3.27. The van der Waals surface area contributed by atoms with E-state index in [4.69, 9.17) is 0 Å². The molecule has 0 spiro atoms. The zero-order valence-corrected chi connectivity index (χ0v) is 16.4. The van der Waals surface area contributed by atoms with Gasteiger partial charge in [0.05, 0.1) is 11.4 Å². The van der Waals surface area contributed by atoms with Crippen LogP contribution >= 0.6 is 0 Å². The Hall–Kier alpha value is -2.19. The molecule has 1 aromatic carbocycles. The van der Waals surface area contributed by atoms with Crippen molar-refractivity contribution in [2.45, 2.75) is 50.1 Å². The summed E-state index contributed by atoms with van der Waals surface area (Å²) in [6.07, 6.45) is 7.39. The van der Waals surface area contributed by atoms with Crippen LogP contribution in [0.4, 0.5) is 0 Å². The van der Waals surface area contributed by atoms with Crippen LogP contribution in [0.15, 0.2) is 47.6 Å². The van der Waals surface area contributed by atoms with Gasteiger partial charge in [-0.3, -0.25) is 9.48 Å². The molecule has 0 bridgehead atoms. The van der Waals surface area contributed by atoms with Crippen molar-refractivity contribution in [1.82, 2.24) is 19.4 Å². The molecule has 1 N–H and O–H groups in total. The third kappa shape index (κ3) is 4.95. The van der Waals surface area contributed by atoms with Gasteiger partial charge in [0, 0.05) is 37.1 Å². The topological polar surface area (TPSA) is 84.3 Å². The number of carbonyl (C=O) groups excluding carboxylic acids is 1. The Kier molecular flexibility index (Phi) is 6.28. The summed E-state index contributed by atoms with van der Waals surface area (Å²) in [5.74, 6) is -0.289. The zero-order chi connectivity index (χ0) is 19.3. The molecule has 1 fully saturated rings. The number of nitrogens with one attached hydrogen (secondary N) is 1. The number of sulfonamides is 1. The van der Waals surface area contributed by atoms with Gasteiger partial charge in [-0.1, -0.05) is 18.9 Å². The van der Waals surface area contributed by atoms with Crippen molar-refractivity contribution in [3.63, 3.8) is 0 Å². The lowest BCUT2D eigenvalue weighted by Crippen LogP contribution is -2.36. The van der Waals surface area contributed by atoms with E-state index in [-0.39, 0.29) is 16.8 Å². The predicted octanol–water partition coefficient (Wildman–Crippen LogP) is 2.27. The third-order valence-corrected chi connectivity index (χ3v) is 6.59. The minimum absolute atomic E-state index is 0.136. The fourth-order valence-corrected chi connectivity index (χ4v) is 4.83. The van der Waals surface area contributed by atoms with Crippen LogP contribution in [0.5, 0.6) is 0 Å². The standard InChI is InChI=1S/C19H26N4O3S/c1-16(15-22-11-7-10-20-22)21-19(24)17-8-6-9-18(14-17)27(25,26)23-12-4-2-3-5-13-23/h6-11,14,16H,2-5,12-13,15H2,1H3,(H,21,24)/t16-/m1/s1. The Labute approximate surface area is 160 Å². The summed E-state index contributed by atoms with van der Waals surface area (Å²) < 4.78 is 29.1. The quantitative estimate of drug-likeness (QED) is 0.820. The molecule has 1 saturated heterocycles. The summed E-state index contributed by atoms with van der Waals surface area (Å²) in [6, 6.07) is 7.98. The summed E-state index contributed by atoms with van der Waals surface area (Å²) in [5.41, 5.74) is 0.346. The first-order valence-corrected chi connectivity index (χ1v) is 10.8. The van der Waals surface area contributed by atoms with Gasteiger partial charge in [0.25, 0.3) is 5.91 Å². The highest BCUT2D eigenvalue weighted by atomic mass is 32.2. The van der Waals surface area contributed by atoms with Crippen LogP contribution < -0.4 is 5.32 Å². The van der Waals surface area contributed by atoms with Crippen LogP contribution in [0, 0.1) is 0 Å². The van der Waals surface area contributed by atoms with Gasteiger partial charge in [0.15, 0.2) is 0 Å². The van der Waals surface area contributed by atoms with E-state index in [0.29, 0.717) is 25.2 Å². The average Bonchev–Trinajstić information content (AvgIpc) is 3.00. The monoisotopic (exact) mass is 390 g/mol. The molecule has 7 nitrogen and oxygen atoms in total. The Bertz CT molecular complexity index is 857. The van der Waals surface area contributed by atoms with Crippen molar-refractivity contribution < 1.29 is 13.2 Å². The molecule has 0 unspecified atom stereocenters. The summed E-state index contributed by atoms with van der Waals surface area (Å²) in [7, 11) is -3.57. The minimum atomic E-state index is -3.57. The number of aromatic nitrogens is 2. The van der Waals surface area contributed by atoms with E-state index in [2.05, 4.69) is 10.4 Å². The highest BCUT2D eigenvalue weighted by molar-refractivity contribution is 7.89. The van der Waals surface area contributed by atoms with Crippen molar-refractivity contribution in [2.24, 2.45) is 0 Å². The van der Waals surface area contributed by atoms with Gasteiger partial charge in [0.2, 0.25) is 10.0 Å². The largest absolute Gasteiger partial charge is 0.348 e. The van der Waals surface area contributed by atoms with E-state index in [1.807, 2.05) is 19.2 Å². The maximum absolute atomic E-state index is 12.9. The molecule has 0 aliphatic carbocycles. The summed E-state index contributed by atoms with van der Waals surface area (Å²) >= 11 is 0. The second-order valence-corrected chi connectivity index (χ2v) is 8.89. The number of carbonyl (C=O) groups is 1. The number of amides is 1. The Balaban J connectivity index is 1.71. The van der Waals surface area contributed by atoms with E-state index in [0.717, 1.165) is 25.7 Å². The van der Waals surface area contributed by atoms with Crippen molar-refractivity contribution in [3.05, 3.63) is 48.3 Å². The van der Waals surface area contributed by atoms with Crippen molar-refractivity contribution >= 4 is 15.9 Å². The number of nitrogens with zero attached hydrogens (tertiary/aromatic N) is 3. The van der Waals surface area contributed by atoms with Crippen LogP contribution in [0.1, 0.15) is 43.0 Å². The number of benzene rings is 1. The molecule has 27 heavy (non-hydrogen) atoms. The molecule has 2 aromatic rings. The molecular formula is C19H26N4O3S. The lowest BCUT2D eigenvalue weighted by molar-refractivity contribution is 0.0936. The number of rotatable bonds is 6. The number of hydrogen-bond acceptors (Lipinski definition) is 4. The van der Waals surface area contributed by atoms with Gasteiger partial charge in [0.1, 0.15) is 0 Å². The minimum Gasteiger partial charge on any atom is -0.348 e. The second-order valence-electron chi connectivity index (χ2n) is 6.95. The molecule has 1 aromatic heterocycles. The molecule has 8 heteroatoms. The first kappa shape index (κ1) is 19.6. The van der Waals surface area contributed by atoms with Gasteiger partial charge in [-0.2, -0.15) is 9.40 Å². The third-order valence-electron chi connectivity index (χ3n) is 4.70. The number of hydrogen-bond donors (Lipinski definition) is 1. The maximum Gasteiger partial charge on any atom is 0.251 e. The van der Waals surface area contributed by atoms with Crippen LogP contribution in [-0.4, -0.2) is 47.5 Å². The van der Waals surface area contributed by atoms with E-state index in [1.54, 1.807) is 29.1 Å². The molecule has 1 atom stereocenters. The van der Waals surface area contributed by atoms with E-state index in [1.165, 1.54) is 10.4 Å². The summed E-state index contributed by atoms with van der Waals surface area (Å²) in [6.45, 7) is 3.52.